The van der Waals surface area contributed by atoms with E-state index in [-0.39, 0.29) is 19.3 Å². The Labute approximate surface area is 221 Å². The molecule has 36 heavy (non-hydrogen) atoms. The van der Waals surface area contributed by atoms with Crippen LogP contribution in [0.2, 0.25) is 0 Å². The van der Waals surface area contributed by atoms with Crippen molar-refractivity contribution in [2.45, 2.75) is 174 Å². The molecule has 0 aliphatic rings. The Morgan fingerprint density at radius 3 is 1.53 bits per heavy atom. The lowest BCUT2D eigenvalue weighted by atomic mass is 10.0. The monoisotopic (exact) mass is 511 g/mol. The van der Waals surface area contributed by atoms with E-state index in [2.05, 4.69) is 20.8 Å². The number of esters is 2. The molecule has 0 bridgehead atoms. The van der Waals surface area contributed by atoms with Crippen LogP contribution >= 0.6 is 0 Å². The highest BCUT2D eigenvalue weighted by molar-refractivity contribution is 5.73. The van der Waals surface area contributed by atoms with Gasteiger partial charge in [-0.25, -0.2) is 0 Å². The third-order valence-corrected chi connectivity index (χ3v) is 6.60. The van der Waals surface area contributed by atoms with E-state index in [0.29, 0.717) is 19.3 Å². The normalized spacial score (nSPS) is 13.7. The van der Waals surface area contributed by atoms with Gasteiger partial charge in [-0.3, -0.25) is 14.4 Å². The highest BCUT2D eigenvalue weighted by Gasteiger charge is 2.23. The zero-order chi connectivity index (χ0) is 26.9. The molecule has 0 aromatic carbocycles. The van der Waals surface area contributed by atoms with E-state index in [1.54, 1.807) is 0 Å². The Kier molecular flexibility index (Phi) is 24.2. The average molecular weight is 512 g/mol. The minimum absolute atomic E-state index is 0.0160. The van der Waals surface area contributed by atoms with Gasteiger partial charge >= 0.3 is 11.9 Å². The van der Waals surface area contributed by atoms with E-state index in [1.165, 1.54) is 25.7 Å². The van der Waals surface area contributed by atoms with Crippen LogP contribution in [0.25, 0.3) is 0 Å². The second-order valence-electron chi connectivity index (χ2n) is 10.2. The molecule has 0 amide bonds. The minimum Gasteiger partial charge on any atom is -0.462 e. The van der Waals surface area contributed by atoms with E-state index in [1.807, 2.05) is 6.29 Å². The molecule has 0 aromatic heterocycles. The van der Waals surface area contributed by atoms with Crippen molar-refractivity contribution in [3.8, 4) is 0 Å². The molecule has 6 nitrogen and oxygen atoms in total. The van der Waals surface area contributed by atoms with E-state index >= 15 is 0 Å². The van der Waals surface area contributed by atoms with E-state index < -0.39 is 30.3 Å². The SMILES string of the molecule is CCCCCCCC(O)CC(=O)OC(CCCCCCC)CC(=O)OC(C[C]=O)CCCCCCC. The van der Waals surface area contributed by atoms with Gasteiger partial charge in [-0.15, -0.1) is 0 Å². The summed E-state index contributed by atoms with van der Waals surface area (Å²) in [7, 11) is 0. The summed E-state index contributed by atoms with van der Waals surface area (Å²) in [6.07, 6.45) is 18.2. The van der Waals surface area contributed by atoms with Crippen LogP contribution in [0.1, 0.15) is 156 Å². The molecule has 0 aliphatic carbocycles. The molecule has 1 radical (unpaired) electrons. The zero-order valence-electron chi connectivity index (χ0n) is 23.6. The number of rotatable bonds is 26. The molecule has 6 heteroatoms. The summed E-state index contributed by atoms with van der Waals surface area (Å²) >= 11 is 0. The molecular weight excluding hydrogens is 456 g/mol. The van der Waals surface area contributed by atoms with Crippen molar-refractivity contribution in [2.24, 2.45) is 0 Å². The molecule has 0 aliphatic heterocycles. The van der Waals surface area contributed by atoms with Crippen molar-refractivity contribution >= 4 is 18.2 Å². The van der Waals surface area contributed by atoms with Gasteiger partial charge in [-0.2, -0.15) is 0 Å². The molecule has 0 saturated carbocycles. The molecule has 3 atom stereocenters. The van der Waals surface area contributed by atoms with Crippen LogP contribution in [0.5, 0.6) is 0 Å². The van der Waals surface area contributed by atoms with Crippen LogP contribution in [0.3, 0.4) is 0 Å². The van der Waals surface area contributed by atoms with Crippen molar-refractivity contribution in [1.29, 1.82) is 0 Å². The highest BCUT2D eigenvalue weighted by Crippen LogP contribution is 2.18. The van der Waals surface area contributed by atoms with Gasteiger partial charge in [-0.05, 0) is 32.1 Å². The molecule has 0 aromatic rings. The first-order chi connectivity index (χ1) is 17.5. The molecule has 0 rings (SSSR count). The van der Waals surface area contributed by atoms with Crippen molar-refractivity contribution < 1.29 is 29.0 Å². The number of aliphatic hydroxyl groups excluding tert-OH is 1. The van der Waals surface area contributed by atoms with Gasteiger partial charge in [0.1, 0.15) is 12.2 Å². The van der Waals surface area contributed by atoms with Gasteiger partial charge in [0.25, 0.3) is 0 Å². The Morgan fingerprint density at radius 2 is 1.03 bits per heavy atom. The summed E-state index contributed by atoms with van der Waals surface area (Å²) < 4.78 is 11.2. The average Bonchev–Trinajstić information content (AvgIpc) is 2.83. The number of ether oxygens (including phenoxy) is 2. The summed E-state index contributed by atoms with van der Waals surface area (Å²) in [5.74, 6) is -0.900. The number of carbonyl (C=O) groups is 2. The summed E-state index contributed by atoms with van der Waals surface area (Å²) in [6.45, 7) is 6.48. The Hall–Kier alpha value is -1.43. The topological polar surface area (TPSA) is 89.9 Å². The van der Waals surface area contributed by atoms with Crippen LogP contribution in [0.15, 0.2) is 0 Å². The van der Waals surface area contributed by atoms with Gasteiger partial charge in [-0.1, -0.05) is 104 Å². The minimum atomic E-state index is -0.712. The first-order valence-corrected chi connectivity index (χ1v) is 14.9. The fourth-order valence-electron chi connectivity index (χ4n) is 4.38. The second kappa shape index (κ2) is 25.2. The van der Waals surface area contributed by atoms with Crippen molar-refractivity contribution in [3.63, 3.8) is 0 Å². The fraction of sp³-hybridized carbons (Fsp3) is 0.900. The largest absolute Gasteiger partial charge is 0.462 e. The van der Waals surface area contributed by atoms with Crippen LogP contribution in [0, 0.1) is 0 Å². The summed E-state index contributed by atoms with van der Waals surface area (Å²) in [5.41, 5.74) is 0. The summed E-state index contributed by atoms with van der Waals surface area (Å²) in [4.78, 5) is 36.1. The first-order valence-electron chi connectivity index (χ1n) is 14.9. The third kappa shape index (κ3) is 21.8. The van der Waals surface area contributed by atoms with Crippen LogP contribution in [0.4, 0.5) is 0 Å². The number of unbranched alkanes of at least 4 members (excludes halogenated alkanes) is 12. The molecule has 1 N–H and O–H groups in total. The van der Waals surface area contributed by atoms with Crippen LogP contribution in [-0.2, 0) is 23.9 Å². The Bertz CT molecular complexity index is 536. The molecule has 0 spiro atoms. The van der Waals surface area contributed by atoms with Gasteiger partial charge in [0, 0.05) is 0 Å². The lowest BCUT2D eigenvalue weighted by molar-refractivity contribution is -0.159. The number of hydrogen-bond donors (Lipinski definition) is 1. The van der Waals surface area contributed by atoms with Crippen LogP contribution in [-0.4, -0.2) is 41.6 Å². The molecule has 3 unspecified atom stereocenters. The van der Waals surface area contributed by atoms with E-state index in [4.69, 9.17) is 9.47 Å². The van der Waals surface area contributed by atoms with Crippen molar-refractivity contribution in [2.75, 3.05) is 0 Å². The molecule has 0 fully saturated rings. The Balaban J connectivity index is 4.68. The predicted octanol–water partition coefficient (Wildman–Crippen LogP) is 7.53. The lowest BCUT2D eigenvalue weighted by Crippen LogP contribution is -2.27. The lowest BCUT2D eigenvalue weighted by Gasteiger charge is -2.21. The fourth-order valence-corrected chi connectivity index (χ4v) is 4.38. The zero-order valence-corrected chi connectivity index (χ0v) is 23.6. The highest BCUT2D eigenvalue weighted by atomic mass is 16.6. The van der Waals surface area contributed by atoms with Crippen molar-refractivity contribution in [3.05, 3.63) is 0 Å². The first kappa shape index (κ1) is 34.6. The number of carbonyl (C=O) groups excluding carboxylic acids is 3. The summed E-state index contributed by atoms with van der Waals surface area (Å²) in [6, 6.07) is 0. The van der Waals surface area contributed by atoms with Gasteiger partial charge in [0.15, 0.2) is 0 Å². The predicted molar refractivity (Wildman–Crippen MR) is 145 cm³/mol. The second-order valence-corrected chi connectivity index (χ2v) is 10.2. The van der Waals surface area contributed by atoms with Gasteiger partial charge < -0.3 is 14.6 Å². The number of aliphatic hydroxyl groups is 1. The maximum atomic E-state index is 12.6. The molecule has 211 valence electrons. The van der Waals surface area contributed by atoms with Crippen LogP contribution < -0.4 is 0 Å². The van der Waals surface area contributed by atoms with E-state index in [0.717, 1.165) is 70.6 Å². The quantitative estimate of drug-likeness (QED) is 0.0953. The standard InChI is InChI=1S/C30H55O6/c1-4-7-10-13-16-19-26(32)24-29(33)36-28(21-18-15-12-9-6-3)25-30(34)35-27(22-23-31)20-17-14-11-8-5-2/h26-28,32H,4-22,24-25H2,1-3H3. The van der Waals surface area contributed by atoms with E-state index in [9.17, 15) is 19.5 Å². The third-order valence-electron chi connectivity index (χ3n) is 6.60. The van der Waals surface area contributed by atoms with Gasteiger partial charge in [0.05, 0.1) is 25.4 Å². The Morgan fingerprint density at radius 1 is 0.611 bits per heavy atom. The number of hydrogen-bond acceptors (Lipinski definition) is 6. The van der Waals surface area contributed by atoms with Gasteiger partial charge in [0.2, 0.25) is 6.29 Å². The molecular formula is C30H55O6. The molecule has 0 saturated heterocycles. The van der Waals surface area contributed by atoms with Crippen molar-refractivity contribution in [1.82, 2.24) is 0 Å². The molecule has 0 heterocycles. The maximum absolute atomic E-state index is 12.6. The summed E-state index contributed by atoms with van der Waals surface area (Å²) in [5, 5.41) is 10.2. The smallest absolute Gasteiger partial charge is 0.309 e. The maximum Gasteiger partial charge on any atom is 0.309 e.